The van der Waals surface area contributed by atoms with Gasteiger partial charge in [0.1, 0.15) is 0 Å². The molecular weight excluding hydrogens is 368 g/mol. The van der Waals surface area contributed by atoms with Gasteiger partial charge in [-0.15, -0.1) is 0 Å². The first kappa shape index (κ1) is 19.1. The minimum Gasteiger partial charge on any atom is -0.326 e. The van der Waals surface area contributed by atoms with Gasteiger partial charge >= 0.3 is 0 Å². The van der Waals surface area contributed by atoms with Gasteiger partial charge < -0.3 is 5.32 Å². The fourth-order valence-electron chi connectivity index (χ4n) is 2.07. The van der Waals surface area contributed by atoms with Crippen molar-refractivity contribution >= 4 is 37.5 Å². The number of benzene rings is 1. The maximum Gasteiger partial charge on any atom is 0.225 e. The van der Waals surface area contributed by atoms with E-state index in [-0.39, 0.29) is 24.9 Å². The van der Waals surface area contributed by atoms with E-state index in [2.05, 4.69) is 21.2 Å². The lowest BCUT2D eigenvalue weighted by Gasteiger charge is -2.25. The van der Waals surface area contributed by atoms with Gasteiger partial charge in [0.05, 0.1) is 6.26 Å². The van der Waals surface area contributed by atoms with Crippen molar-refractivity contribution < 1.29 is 13.2 Å². The highest BCUT2D eigenvalue weighted by Gasteiger charge is 2.22. The number of hydrogen-bond donors (Lipinski definition) is 1. The van der Waals surface area contributed by atoms with E-state index in [0.717, 1.165) is 10.0 Å². The molecule has 0 bridgehead atoms. The average Bonchev–Trinajstić information content (AvgIpc) is 2.41. The van der Waals surface area contributed by atoms with Gasteiger partial charge in [0.2, 0.25) is 15.9 Å². The molecular formula is C15H23BrN2O3S. The first-order chi connectivity index (χ1) is 10.1. The van der Waals surface area contributed by atoms with Crippen molar-refractivity contribution in [3.8, 4) is 0 Å². The van der Waals surface area contributed by atoms with Crippen molar-refractivity contribution in [3.05, 3.63) is 28.2 Å². The van der Waals surface area contributed by atoms with E-state index >= 15 is 0 Å². The molecule has 5 nitrogen and oxygen atoms in total. The summed E-state index contributed by atoms with van der Waals surface area (Å²) in [4.78, 5) is 12.0. The predicted molar refractivity (Wildman–Crippen MR) is 93.4 cm³/mol. The van der Waals surface area contributed by atoms with Gasteiger partial charge in [-0.3, -0.25) is 4.79 Å². The van der Waals surface area contributed by atoms with Crippen LogP contribution >= 0.6 is 15.9 Å². The molecule has 0 radical (unpaired) electrons. The topological polar surface area (TPSA) is 66.5 Å². The molecule has 0 fully saturated rings. The SMILES string of the molecule is CCC(C)N(CCC(=O)Nc1ccc(Br)c(C)c1)S(C)(=O)=O. The fourth-order valence-corrected chi connectivity index (χ4v) is 3.55. The monoisotopic (exact) mass is 390 g/mol. The van der Waals surface area contributed by atoms with Gasteiger partial charge in [0, 0.05) is 29.2 Å². The molecule has 124 valence electrons. The molecule has 1 rings (SSSR count). The van der Waals surface area contributed by atoms with Gasteiger partial charge in [-0.25, -0.2) is 8.42 Å². The first-order valence-electron chi connectivity index (χ1n) is 7.18. The normalized spacial score (nSPS) is 13.2. The van der Waals surface area contributed by atoms with Crippen LogP contribution in [-0.4, -0.2) is 37.5 Å². The van der Waals surface area contributed by atoms with Crippen LogP contribution in [0.2, 0.25) is 0 Å². The molecule has 1 aromatic rings. The maximum absolute atomic E-state index is 12.0. The van der Waals surface area contributed by atoms with Crippen LogP contribution in [0.1, 0.15) is 32.3 Å². The number of aryl methyl sites for hydroxylation is 1. The highest BCUT2D eigenvalue weighted by atomic mass is 79.9. The molecule has 0 spiro atoms. The number of nitrogens with one attached hydrogen (secondary N) is 1. The van der Waals surface area contributed by atoms with Crippen LogP contribution < -0.4 is 5.32 Å². The highest BCUT2D eigenvalue weighted by Crippen LogP contribution is 2.20. The summed E-state index contributed by atoms with van der Waals surface area (Å²) in [7, 11) is -3.31. The smallest absolute Gasteiger partial charge is 0.225 e. The molecule has 1 amide bonds. The van der Waals surface area contributed by atoms with E-state index in [9.17, 15) is 13.2 Å². The third-order valence-corrected chi connectivity index (χ3v) is 5.79. The third-order valence-electron chi connectivity index (χ3n) is 3.51. The average molecular weight is 391 g/mol. The van der Waals surface area contributed by atoms with Gasteiger partial charge in [0.25, 0.3) is 0 Å². The van der Waals surface area contributed by atoms with Crippen LogP contribution in [0.25, 0.3) is 0 Å². The Morgan fingerprint density at radius 1 is 1.41 bits per heavy atom. The zero-order chi connectivity index (χ0) is 16.9. The summed E-state index contributed by atoms with van der Waals surface area (Å²) >= 11 is 3.40. The van der Waals surface area contributed by atoms with Gasteiger partial charge in [-0.1, -0.05) is 22.9 Å². The van der Waals surface area contributed by atoms with E-state index in [1.807, 2.05) is 32.9 Å². The minimum atomic E-state index is -3.31. The van der Waals surface area contributed by atoms with E-state index < -0.39 is 10.0 Å². The van der Waals surface area contributed by atoms with Crippen LogP contribution in [0.4, 0.5) is 5.69 Å². The van der Waals surface area contributed by atoms with E-state index in [4.69, 9.17) is 0 Å². The van der Waals surface area contributed by atoms with Crippen molar-refractivity contribution in [2.75, 3.05) is 18.1 Å². The fraction of sp³-hybridized carbons (Fsp3) is 0.533. The largest absolute Gasteiger partial charge is 0.326 e. The van der Waals surface area contributed by atoms with Crippen LogP contribution in [-0.2, 0) is 14.8 Å². The summed E-state index contributed by atoms with van der Waals surface area (Å²) in [6, 6.07) is 5.42. The van der Waals surface area contributed by atoms with Crippen LogP contribution in [0.5, 0.6) is 0 Å². The lowest BCUT2D eigenvalue weighted by Crippen LogP contribution is -2.39. The second kappa shape index (κ2) is 8.08. The zero-order valence-electron chi connectivity index (χ0n) is 13.4. The second-order valence-corrected chi connectivity index (χ2v) is 8.18. The second-order valence-electron chi connectivity index (χ2n) is 5.39. The Balaban J connectivity index is 2.66. The molecule has 0 saturated heterocycles. The number of hydrogen-bond acceptors (Lipinski definition) is 3. The Morgan fingerprint density at radius 3 is 2.55 bits per heavy atom. The number of anilines is 1. The first-order valence-corrected chi connectivity index (χ1v) is 9.82. The third kappa shape index (κ3) is 5.70. The number of nitrogens with zero attached hydrogens (tertiary/aromatic N) is 1. The lowest BCUT2D eigenvalue weighted by molar-refractivity contribution is -0.116. The Kier molecular flexibility index (Phi) is 7.02. The molecule has 1 N–H and O–H groups in total. The number of amides is 1. The van der Waals surface area contributed by atoms with Crippen LogP contribution in [0.3, 0.4) is 0 Å². The Hall–Kier alpha value is -0.920. The molecule has 7 heteroatoms. The van der Waals surface area contributed by atoms with Gasteiger partial charge in [-0.05, 0) is 44.0 Å². The number of carbonyl (C=O) groups excluding carboxylic acids is 1. The van der Waals surface area contributed by atoms with Gasteiger partial charge in [0.15, 0.2) is 0 Å². The maximum atomic E-state index is 12.0. The molecule has 0 saturated carbocycles. The molecule has 1 atom stereocenters. The van der Waals surface area contributed by atoms with Crippen molar-refractivity contribution in [2.45, 2.75) is 39.7 Å². The predicted octanol–water partition coefficient (Wildman–Crippen LogP) is 3.15. The lowest BCUT2D eigenvalue weighted by atomic mass is 10.2. The summed E-state index contributed by atoms with van der Waals surface area (Å²) < 4.78 is 25.9. The standard InChI is InChI=1S/C15H23BrN2O3S/c1-5-12(3)18(22(4,20)21)9-8-15(19)17-13-6-7-14(16)11(2)10-13/h6-7,10,12H,5,8-9H2,1-4H3,(H,17,19). The summed E-state index contributed by atoms with van der Waals surface area (Å²) in [5, 5.41) is 2.79. The van der Waals surface area contributed by atoms with Crippen LogP contribution in [0.15, 0.2) is 22.7 Å². The summed E-state index contributed by atoms with van der Waals surface area (Å²) in [6.45, 7) is 5.90. The molecule has 0 aliphatic rings. The van der Waals surface area contributed by atoms with Gasteiger partial charge in [-0.2, -0.15) is 4.31 Å². The molecule has 1 aromatic carbocycles. The Bertz CT molecular complexity index is 632. The molecule has 0 aromatic heterocycles. The Morgan fingerprint density at radius 2 is 2.05 bits per heavy atom. The minimum absolute atomic E-state index is 0.113. The van der Waals surface area contributed by atoms with Crippen molar-refractivity contribution in [1.82, 2.24) is 4.31 Å². The van der Waals surface area contributed by atoms with E-state index in [1.165, 1.54) is 10.6 Å². The summed E-state index contributed by atoms with van der Waals surface area (Å²) in [5.74, 6) is -0.196. The zero-order valence-corrected chi connectivity index (χ0v) is 15.8. The number of carbonyl (C=O) groups is 1. The quantitative estimate of drug-likeness (QED) is 0.777. The molecule has 0 aliphatic heterocycles. The number of rotatable bonds is 7. The molecule has 0 heterocycles. The molecule has 1 unspecified atom stereocenters. The summed E-state index contributed by atoms with van der Waals surface area (Å²) in [6.07, 6.45) is 2.02. The molecule has 0 aliphatic carbocycles. The van der Waals surface area contributed by atoms with Crippen molar-refractivity contribution in [2.24, 2.45) is 0 Å². The van der Waals surface area contributed by atoms with Crippen molar-refractivity contribution in [1.29, 1.82) is 0 Å². The number of sulfonamides is 1. The summed E-state index contributed by atoms with van der Waals surface area (Å²) in [5.41, 5.74) is 1.73. The van der Waals surface area contributed by atoms with Crippen LogP contribution in [0, 0.1) is 6.92 Å². The van der Waals surface area contributed by atoms with E-state index in [1.54, 1.807) is 6.07 Å². The Labute approximate surface area is 141 Å². The molecule has 22 heavy (non-hydrogen) atoms. The number of halogens is 1. The highest BCUT2D eigenvalue weighted by molar-refractivity contribution is 9.10. The van der Waals surface area contributed by atoms with E-state index in [0.29, 0.717) is 12.1 Å². The van der Waals surface area contributed by atoms with Crippen molar-refractivity contribution in [3.63, 3.8) is 0 Å².